The second-order valence-electron chi connectivity index (χ2n) is 3.59. The Balaban J connectivity index is 2.20. The highest BCUT2D eigenvalue weighted by molar-refractivity contribution is 7.09. The van der Waals surface area contributed by atoms with Gasteiger partial charge in [0.25, 0.3) is 0 Å². The normalized spacial score (nSPS) is 28.1. The Hall–Kier alpha value is -0.490. The third-order valence-electron chi connectivity index (χ3n) is 2.80. The summed E-state index contributed by atoms with van der Waals surface area (Å²) >= 11 is 1.68. The van der Waals surface area contributed by atoms with E-state index in [4.69, 9.17) is 10.5 Å². The zero-order chi connectivity index (χ0) is 10.7. The fraction of sp³-hybridized carbons (Fsp3) is 0.700. The van der Waals surface area contributed by atoms with Gasteiger partial charge in [-0.15, -0.1) is 11.3 Å². The topological polar surface area (TPSA) is 51.4 Å². The molecule has 84 valence electrons. The Labute approximate surface area is 94.1 Å². The summed E-state index contributed by atoms with van der Waals surface area (Å²) in [5.41, 5.74) is 5.74. The van der Waals surface area contributed by atoms with Crippen LogP contribution in [-0.2, 0) is 4.74 Å². The van der Waals surface area contributed by atoms with Gasteiger partial charge in [-0.3, -0.25) is 4.90 Å². The van der Waals surface area contributed by atoms with Crippen molar-refractivity contribution in [1.82, 2.24) is 9.88 Å². The monoisotopic (exact) mass is 227 g/mol. The van der Waals surface area contributed by atoms with Gasteiger partial charge >= 0.3 is 0 Å². The fourth-order valence-electron chi connectivity index (χ4n) is 2.03. The van der Waals surface area contributed by atoms with Gasteiger partial charge in [0, 0.05) is 24.7 Å². The third kappa shape index (κ3) is 2.20. The van der Waals surface area contributed by atoms with E-state index in [1.807, 2.05) is 11.6 Å². The van der Waals surface area contributed by atoms with E-state index in [2.05, 4.69) is 16.8 Å². The lowest BCUT2D eigenvalue weighted by atomic mass is 10.1. The first-order valence-electron chi connectivity index (χ1n) is 5.32. The van der Waals surface area contributed by atoms with Crippen molar-refractivity contribution >= 4 is 11.3 Å². The summed E-state index contributed by atoms with van der Waals surface area (Å²) in [6.45, 7) is 5.49. The van der Waals surface area contributed by atoms with Crippen molar-refractivity contribution in [3.05, 3.63) is 16.6 Å². The van der Waals surface area contributed by atoms with Crippen molar-refractivity contribution in [2.45, 2.75) is 19.1 Å². The van der Waals surface area contributed by atoms with Crippen molar-refractivity contribution in [1.29, 1.82) is 0 Å². The number of likely N-dealkylation sites (N-methyl/N-ethyl adjacent to an activating group) is 1. The Bertz CT molecular complexity index is 279. The lowest BCUT2D eigenvalue weighted by molar-refractivity contribution is -0.0658. The van der Waals surface area contributed by atoms with Crippen molar-refractivity contribution in [2.75, 3.05) is 26.2 Å². The maximum atomic E-state index is 5.74. The number of rotatable bonds is 3. The third-order valence-corrected chi connectivity index (χ3v) is 3.65. The zero-order valence-electron chi connectivity index (χ0n) is 8.93. The van der Waals surface area contributed by atoms with Crippen LogP contribution in [0.3, 0.4) is 0 Å². The lowest BCUT2D eigenvalue weighted by Crippen LogP contribution is -2.48. The average Bonchev–Trinajstić information content (AvgIpc) is 2.81. The van der Waals surface area contributed by atoms with Gasteiger partial charge in [0.05, 0.1) is 18.8 Å². The Morgan fingerprint density at radius 1 is 1.73 bits per heavy atom. The van der Waals surface area contributed by atoms with E-state index < -0.39 is 0 Å². The highest BCUT2D eigenvalue weighted by atomic mass is 32.1. The first kappa shape index (κ1) is 11.0. The van der Waals surface area contributed by atoms with Gasteiger partial charge in [0.15, 0.2) is 0 Å². The number of nitrogens with two attached hydrogens (primary N) is 1. The summed E-state index contributed by atoms with van der Waals surface area (Å²) in [7, 11) is 0. The standard InChI is InChI=1S/C10H17N3OS/c1-2-13-4-5-14-8(7-11)9(13)10-12-3-6-15-10/h3,6,8-9H,2,4-5,7,11H2,1H3. The molecule has 1 aromatic rings. The Morgan fingerprint density at radius 3 is 3.20 bits per heavy atom. The molecule has 2 unspecified atom stereocenters. The molecule has 2 N–H and O–H groups in total. The number of nitrogens with zero attached hydrogens (tertiary/aromatic N) is 2. The number of hydrogen-bond donors (Lipinski definition) is 1. The molecule has 0 spiro atoms. The van der Waals surface area contributed by atoms with Gasteiger partial charge in [-0.2, -0.15) is 0 Å². The number of aromatic nitrogens is 1. The van der Waals surface area contributed by atoms with E-state index in [9.17, 15) is 0 Å². The van der Waals surface area contributed by atoms with E-state index in [0.717, 1.165) is 24.7 Å². The Kier molecular flexibility index (Phi) is 3.69. The van der Waals surface area contributed by atoms with Crippen molar-refractivity contribution in [3.63, 3.8) is 0 Å². The highest BCUT2D eigenvalue weighted by Gasteiger charge is 2.33. The molecule has 1 aliphatic heterocycles. The second kappa shape index (κ2) is 5.03. The van der Waals surface area contributed by atoms with Gasteiger partial charge in [0.2, 0.25) is 0 Å². The highest BCUT2D eigenvalue weighted by Crippen LogP contribution is 2.29. The molecule has 0 amide bonds. The van der Waals surface area contributed by atoms with Crippen LogP contribution < -0.4 is 5.73 Å². The number of morpholine rings is 1. The maximum Gasteiger partial charge on any atom is 0.112 e. The van der Waals surface area contributed by atoms with Crippen LogP contribution in [0.4, 0.5) is 0 Å². The van der Waals surface area contributed by atoms with Crippen molar-refractivity contribution in [2.24, 2.45) is 5.73 Å². The summed E-state index contributed by atoms with van der Waals surface area (Å²) in [6, 6.07) is 0.244. The molecular weight excluding hydrogens is 210 g/mol. The smallest absolute Gasteiger partial charge is 0.112 e. The van der Waals surface area contributed by atoms with E-state index in [1.165, 1.54) is 0 Å². The predicted octanol–water partition coefficient (Wildman–Crippen LogP) is 0.864. The molecular formula is C10H17N3OS. The molecule has 1 fully saturated rings. The molecule has 1 aliphatic rings. The minimum Gasteiger partial charge on any atom is -0.373 e. The number of hydrogen-bond acceptors (Lipinski definition) is 5. The number of thiazole rings is 1. The molecule has 2 heterocycles. The second-order valence-corrected chi connectivity index (χ2v) is 4.51. The maximum absolute atomic E-state index is 5.74. The van der Waals surface area contributed by atoms with Crippen LogP contribution in [0.25, 0.3) is 0 Å². The molecule has 4 nitrogen and oxygen atoms in total. The summed E-state index contributed by atoms with van der Waals surface area (Å²) in [4.78, 5) is 6.77. The van der Waals surface area contributed by atoms with Crippen LogP contribution in [0.1, 0.15) is 18.0 Å². The molecule has 0 aliphatic carbocycles. The van der Waals surface area contributed by atoms with Crippen LogP contribution in [0.5, 0.6) is 0 Å². The van der Waals surface area contributed by atoms with E-state index in [-0.39, 0.29) is 12.1 Å². The minimum absolute atomic E-state index is 0.0878. The van der Waals surface area contributed by atoms with Gasteiger partial charge in [-0.25, -0.2) is 4.98 Å². The predicted molar refractivity (Wildman–Crippen MR) is 60.9 cm³/mol. The van der Waals surface area contributed by atoms with Crippen LogP contribution in [0.2, 0.25) is 0 Å². The molecule has 0 aromatic carbocycles. The fourth-order valence-corrected chi connectivity index (χ4v) is 2.86. The van der Waals surface area contributed by atoms with Gasteiger partial charge in [0.1, 0.15) is 5.01 Å². The van der Waals surface area contributed by atoms with Crippen LogP contribution in [-0.4, -0.2) is 42.2 Å². The molecule has 15 heavy (non-hydrogen) atoms. The molecule has 1 saturated heterocycles. The first-order chi connectivity index (χ1) is 7.36. The van der Waals surface area contributed by atoms with Crippen molar-refractivity contribution in [3.8, 4) is 0 Å². The molecule has 0 bridgehead atoms. The molecule has 2 rings (SSSR count). The zero-order valence-corrected chi connectivity index (χ0v) is 9.74. The van der Waals surface area contributed by atoms with Crippen molar-refractivity contribution < 1.29 is 4.74 Å². The van der Waals surface area contributed by atoms with Gasteiger partial charge in [-0.1, -0.05) is 6.92 Å². The molecule has 0 saturated carbocycles. The van der Waals surface area contributed by atoms with Crippen LogP contribution in [0, 0.1) is 0 Å². The quantitative estimate of drug-likeness (QED) is 0.832. The van der Waals surface area contributed by atoms with Gasteiger partial charge < -0.3 is 10.5 Å². The minimum atomic E-state index is 0.0878. The summed E-state index contributed by atoms with van der Waals surface area (Å²) in [5.74, 6) is 0. The average molecular weight is 227 g/mol. The van der Waals surface area contributed by atoms with Gasteiger partial charge in [-0.05, 0) is 6.54 Å². The first-order valence-corrected chi connectivity index (χ1v) is 6.20. The molecule has 5 heteroatoms. The van der Waals surface area contributed by atoms with E-state index >= 15 is 0 Å². The molecule has 1 aromatic heterocycles. The summed E-state index contributed by atoms with van der Waals surface area (Å²) < 4.78 is 5.70. The van der Waals surface area contributed by atoms with Crippen LogP contribution >= 0.6 is 11.3 Å². The lowest BCUT2D eigenvalue weighted by Gasteiger charge is -2.39. The van der Waals surface area contributed by atoms with E-state index in [0.29, 0.717) is 6.54 Å². The molecule has 0 radical (unpaired) electrons. The number of ether oxygens (including phenoxy) is 1. The largest absolute Gasteiger partial charge is 0.373 e. The summed E-state index contributed by atoms with van der Waals surface area (Å²) in [5, 5.41) is 3.12. The SMILES string of the molecule is CCN1CCOC(CN)C1c1nccs1. The molecule has 2 atom stereocenters. The summed E-state index contributed by atoms with van der Waals surface area (Å²) in [6.07, 6.45) is 1.93. The Morgan fingerprint density at radius 2 is 2.60 bits per heavy atom. The van der Waals surface area contributed by atoms with Crippen LogP contribution in [0.15, 0.2) is 11.6 Å². The van der Waals surface area contributed by atoms with E-state index in [1.54, 1.807) is 11.3 Å².